The van der Waals surface area contributed by atoms with Crippen LogP contribution in [0.1, 0.15) is 19.4 Å². The van der Waals surface area contributed by atoms with Crippen LogP contribution in [0.25, 0.3) is 0 Å². The Morgan fingerprint density at radius 3 is 2.94 bits per heavy atom. The van der Waals surface area contributed by atoms with E-state index in [4.69, 9.17) is 0 Å². The van der Waals surface area contributed by atoms with Crippen LogP contribution in [0.3, 0.4) is 0 Å². The maximum absolute atomic E-state index is 11.3. The third-order valence-corrected chi connectivity index (χ3v) is 3.15. The second kappa shape index (κ2) is 5.40. The Hall–Kier alpha value is -1.55. The third-order valence-electron chi connectivity index (χ3n) is 3.15. The molecule has 0 aliphatic carbocycles. The number of hydrogen-bond acceptors (Lipinski definition) is 3. The zero-order valence-electron chi connectivity index (χ0n) is 11.3. The Kier molecular flexibility index (Phi) is 3.87. The van der Waals surface area contributed by atoms with Crippen molar-refractivity contribution >= 4 is 17.3 Å². The molecule has 0 atom stereocenters. The number of hydrogen-bond donors (Lipinski definition) is 2. The maximum atomic E-state index is 11.3. The molecular weight excluding hydrogens is 226 g/mol. The van der Waals surface area contributed by atoms with Crippen LogP contribution in [0.5, 0.6) is 0 Å². The highest BCUT2D eigenvalue weighted by Crippen LogP contribution is 2.27. The number of carbonyl (C=O) groups is 1. The fourth-order valence-electron chi connectivity index (χ4n) is 2.10. The highest BCUT2D eigenvalue weighted by Gasteiger charge is 2.18. The van der Waals surface area contributed by atoms with Crippen LogP contribution in [-0.2, 0) is 11.2 Å². The van der Waals surface area contributed by atoms with Crippen LogP contribution >= 0.6 is 0 Å². The first-order valence-corrected chi connectivity index (χ1v) is 6.43. The number of nitrogens with one attached hydrogen (secondary N) is 2. The van der Waals surface area contributed by atoms with E-state index in [0.29, 0.717) is 12.5 Å². The smallest absolute Gasteiger partial charge is 0.228 e. The molecule has 0 saturated carbocycles. The average molecular weight is 247 g/mol. The van der Waals surface area contributed by atoms with Gasteiger partial charge in [-0.05, 0) is 23.8 Å². The maximum Gasteiger partial charge on any atom is 0.228 e. The van der Waals surface area contributed by atoms with E-state index in [1.165, 1.54) is 0 Å². The Morgan fingerprint density at radius 1 is 1.44 bits per heavy atom. The van der Waals surface area contributed by atoms with Gasteiger partial charge in [0.05, 0.1) is 6.42 Å². The van der Waals surface area contributed by atoms with Crippen molar-refractivity contribution in [3.63, 3.8) is 0 Å². The van der Waals surface area contributed by atoms with Crippen molar-refractivity contribution < 1.29 is 4.79 Å². The predicted molar refractivity (Wildman–Crippen MR) is 75.2 cm³/mol. The Bertz CT molecular complexity index is 443. The number of carbonyl (C=O) groups excluding carboxylic acids is 1. The highest BCUT2D eigenvalue weighted by molar-refractivity contribution is 5.99. The van der Waals surface area contributed by atoms with E-state index in [2.05, 4.69) is 48.6 Å². The highest BCUT2D eigenvalue weighted by atomic mass is 16.1. The molecular formula is C14H21N3O. The first-order valence-electron chi connectivity index (χ1n) is 6.43. The van der Waals surface area contributed by atoms with Gasteiger partial charge in [-0.2, -0.15) is 0 Å². The molecule has 18 heavy (non-hydrogen) atoms. The summed E-state index contributed by atoms with van der Waals surface area (Å²) < 4.78 is 0. The summed E-state index contributed by atoms with van der Waals surface area (Å²) in [6, 6.07) is 6.66. The van der Waals surface area contributed by atoms with Crippen LogP contribution in [0.4, 0.5) is 11.4 Å². The molecule has 98 valence electrons. The van der Waals surface area contributed by atoms with Gasteiger partial charge in [0.15, 0.2) is 0 Å². The molecule has 0 unspecified atom stereocenters. The zero-order valence-corrected chi connectivity index (χ0v) is 11.3. The first-order chi connectivity index (χ1) is 8.56. The van der Waals surface area contributed by atoms with E-state index in [9.17, 15) is 4.79 Å². The van der Waals surface area contributed by atoms with Gasteiger partial charge in [0, 0.05) is 37.6 Å². The zero-order chi connectivity index (χ0) is 13.1. The quantitative estimate of drug-likeness (QED) is 0.831. The monoisotopic (exact) mass is 247 g/mol. The molecule has 4 nitrogen and oxygen atoms in total. The molecule has 0 radical (unpaired) electrons. The largest absolute Gasteiger partial charge is 0.373 e. The van der Waals surface area contributed by atoms with E-state index in [-0.39, 0.29) is 5.91 Å². The second-order valence-corrected chi connectivity index (χ2v) is 5.10. The van der Waals surface area contributed by atoms with Gasteiger partial charge in [0.2, 0.25) is 5.91 Å². The summed E-state index contributed by atoms with van der Waals surface area (Å²) in [5.74, 6) is 0.0891. The number of amides is 1. The summed E-state index contributed by atoms with van der Waals surface area (Å²) in [5.41, 5.74) is 3.22. The SMILES string of the molecule is CC(C)NCCN(C)c1ccc2c(c1)CC(=O)N2. The lowest BCUT2D eigenvalue weighted by molar-refractivity contribution is -0.115. The molecule has 0 spiro atoms. The van der Waals surface area contributed by atoms with Crippen molar-refractivity contribution in [2.75, 3.05) is 30.4 Å². The van der Waals surface area contributed by atoms with Gasteiger partial charge < -0.3 is 15.5 Å². The van der Waals surface area contributed by atoms with Crippen LogP contribution in [-0.4, -0.2) is 32.1 Å². The number of fused-ring (bicyclic) bond motifs is 1. The van der Waals surface area contributed by atoms with Crippen LogP contribution < -0.4 is 15.5 Å². The van der Waals surface area contributed by atoms with E-state index >= 15 is 0 Å². The Morgan fingerprint density at radius 2 is 2.22 bits per heavy atom. The van der Waals surface area contributed by atoms with E-state index in [1.54, 1.807) is 0 Å². The summed E-state index contributed by atoms with van der Waals surface area (Å²) in [4.78, 5) is 13.5. The lowest BCUT2D eigenvalue weighted by Gasteiger charge is -2.21. The van der Waals surface area contributed by atoms with Gasteiger partial charge in [-0.1, -0.05) is 13.8 Å². The Labute approximate surface area is 108 Å². The molecule has 1 aliphatic rings. The number of likely N-dealkylation sites (N-methyl/N-ethyl adjacent to an activating group) is 1. The molecule has 0 aromatic heterocycles. The summed E-state index contributed by atoms with van der Waals surface area (Å²) >= 11 is 0. The van der Waals surface area contributed by atoms with Gasteiger partial charge in [0.1, 0.15) is 0 Å². The minimum Gasteiger partial charge on any atom is -0.373 e. The lowest BCUT2D eigenvalue weighted by Crippen LogP contribution is -2.32. The van der Waals surface area contributed by atoms with Gasteiger partial charge in [-0.3, -0.25) is 4.79 Å². The average Bonchev–Trinajstić information content (AvgIpc) is 2.67. The van der Waals surface area contributed by atoms with Gasteiger partial charge in [-0.25, -0.2) is 0 Å². The third kappa shape index (κ3) is 3.01. The van der Waals surface area contributed by atoms with Crippen molar-refractivity contribution in [1.29, 1.82) is 0 Å². The summed E-state index contributed by atoms with van der Waals surface area (Å²) in [6.45, 7) is 6.21. The van der Waals surface area contributed by atoms with Crippen LogP contribution in [0, 0.1) is 0 Å². The fourth-order valence-corrected chi connectivity index (χ4v) is 2.10. The molecule has 4 heteroatoms. The minimum atomic E-state index is 0.0891. The molecule has 2 rings (SSSR count). The topological polar surface area (TPSA) is 44.4 Å². The Balaban J connectivity index is 1.97. The minimum absolute atomic E-state index is 0.0891. The molecule has 1 amide bonds. The number of nitrogens with zero attached hydrogens (tertiary/aromatic N) is 1. The molecule has 0 fully saturated rings. The second-order valence-electron chi connectivity index (χ2n) is 5.10. The van der Waals surface area contributed by atoms with Crippen molar-refractivity contribution in [3.05, 3.63) is 23.8 Å². The summed E-state index contributed by atoms with van der Waals surface area (Å²) in [5, 5.41) is 6.25. The lowest BCUT2D eigenvalue weighted by atomic mass is 10.1. The molecule has 1 aromatic rings. The normalized spacial score (nSPS) is 13.7. The molecule has 0 bridgehead atoms. The summed E-state index contributed by atoms with van der Waals surface area (Å²) in [6.07, 6.45) is 0.501. The van der Waals surface area contributed by atoms with Crippen LogP contribution in [0.15, 0.2) is 18.2 Å². The van der Waals surface area contributed by atoms with Crippen LogP contribution in [0.2, 0.25) is 0 Å². The van der Waals surface area contributed by atoms with E-state index in [0.717, 1.165) is 30.0 Å². The fraction of sp³-hybridized carbons (Fsp3) is 0.500. The number of rotatable bonds is 5. The number of benzene rings is 1. The van der Waals surface area contributed by atoms with Gasteiger partial charge >= 0.3 is 0 Å². The molecule has 0 saturated heterocycles. The van der Waals surface area contributed by atoms with E-state index < -0.39 is 0 Å². The van der Waals surface area contributed by atoms with Crippen molar-refractivity contribution in [2.24, 2.45) is 0 Å². The van der Waals surface area contributed by atoms with E-state index in [1.807, 2.05) is 6.07 Å². The molecule has 1 aliphatic heterocycles. The van der Waals surface area contributed by atoms with Crippen molar-refractivity contribution in [1.82, 2.24) is 5.32 Å². The molecule has 1 aromatic carbocycles. The number of anilines is 2. The molecule has 2 N–H and O–H groups in total. The van der Waals surface area contributed by atoms with Gasteiger partial charge in [0.25, 0.3) is 0 Å². The van der Waals surface area contributed by atoms with Crippen molar-refractivity contribution in [3.8, 4) is 0 Å². The van der Waals surface area contributed by atoms with Gasteiger partial charge in [-0.15, -0.1) is 0 Å². The standard InChI is InChI=1S/C14H21N3O/c1-10(2)15-6-7-17(3)12-4-5-13-11(8-12)9-14(18)16-13/h4-5,8,10,15H,6-7,9H2,1-3H3,(H,16,18). The molecule has 1 heterocycles. The first kappa shape index (κ1) is 12.9. The van der Waals surface area contributed by atoms with Crippen molar-refractivity contribution in [2.45, 2.75) is 26.3 Å². The predicted octanol–water partition coefficient (Wildman–Crippen LogP) is 1.62. The summed E-state index contributed by atoms with van der Waals surface area (Å²) in [7, 11) is 2.08.